The van der Waals surface area contributed by atoms with Gasteiger partial charge in [-0.1, -0.05) is 19.3 Å². The average Bonchev–Trinajstić information content (AvgIpc) is 3.15. The number of carbonyl (C=O) groups excluding carboxylic acids is 1. The predicted molar refractivity (Wildman–Crippen MR) is 111 cm³/mol. The molecular weight excluding hydrogens is 370 g/mol. The van der Waals surface area contributed by atoms with E-state index in [1.807, 2.05) is 13.8 Å². The summed E-state index contributed by atoms with van der Waals surface area (Å²) in [5.74, 6) is 0.211. The van der Waals surface area contributed by atoms with E-state index in [1.165, 1.54) is 0 Å². The van der Waals surface area contributed by atoms with Gasteiger partial charge in [0.05, 0.1) is 11.9 Å². The zero-order valence-corrected chi connectivity index (χ0v) is 16.7. The molecular formula is C20H25N7O2. The standard InChI is InChI=1S/C20H25N7O2/c1-3-26-16(9-10-22-26)24-18(28)15-11-14-12(2)23-20(21)25-17(14)27(19(15)29)13-7-5-4-6-8-13/h9-11,13H,3-8H2,1-2H3,(H,24,28)(H2,21,23,25). The lowest BCUT2D eigenvalue weighted by Crippen LogP contribution is -2.33. The van der Waals surface area contributed by atoms with E-state index in [0.29, 0.717) is 29.1 Å². The summed E-state index contributed by atoms with van der Waals surface area (Å²) in [5.41, 5.74) is 6.74. The number of fused-ring (bicyclic) bond motifs is 1. The monoisotopic (exact) mass is 395 g/mol. The van der Waals surface area contributed by atoms with E-state index in [4.69, 9.17) is 5.73 Å². The second-order valence-corrected chi connectivity index (χ2v) is 7.42. The molecule has 0 aliphatic heterocycles. The van der Waals surface area contributed by atoms with Crippen molar-refractivity contribution in [1.29, 1.82) is 0 Å². The third-order valence-electron chi connectivity index (χ3n) is 5.54. The summed E-state index contributed by atoms with van der Waals surface area (Å²) in [7, 11) is 0. The highest BCUT2D eigenvalue weighted by Gasteiger charge is 2.25. The molecule has 3 aromatic rings. The van der Waals surface area contributed by atoms with Crippen molar-refractivity contribution in [3.8, 4) is 0 Å². The molecule has 0 atom stereocenters. The van der Waals surface area contributed by atoms with Gasteiger partial charge in [0.25, 0.3) is 11.5 Å². The SMILES string of the molecule is CCn1nccc1NC(=O)c1cc2c(C)nc(N)nc2n(C2CCCCC2)c1=O. The molecule has 9 nitrogen and oxygen atoms in total. The first-order chi connectivity index (χ1) is 14.0. The molecule has 0 aromatic carbocycles. The van der Waals surface area contributed by atoms with Crippen LogP contribution in [0.15, 0.2) is 23.1 Å². The van der Waals surface area contributed by atoms with Crippen molar-refractivity contribution < 1.29 is 4.79 Å². The van der Waals surface area contributed by atoms with E-state index in [0.717, 1.165) is 32.1 Å². The number of rotatable bonds is 4. The van der Waals surface area contributed by atoms with Gasteiger partial charge in [-0.25, -0.2) is 9.67 Å². The number of pyridine rings is 1. The summed E-state index contributed by atoms with van der Waals surface area (Å²) in [6.45, 7) is 4.35. The molecule has 1 saturated carbocycles. The van der Waals surface area contributed by atoms with E-state index in [9.17, 15) is 9.59 Å². The van der Waals surface area contributed by atoms with Crippen molar-refractivity contribution >= 4 is 28.7 Å². The minimum Gasteiger partial charge on any atom is -0.368 e. The summed E-state index contributed by atoms with van der Waals surface area (Å²) >= 11 is 0. The first-order valence-electron chi connectivity index (χ1n) is 10.0. The van der Waals surface area contributed by atoms with Gasteiger partial charge in [0.1, 0.15) is 17.0 Å². The molecule has 3 N–H and O–H groups in total. The molecule has 0 radical (unpaired) electrons. The van der Waals surface area contributed by atoms with Gasteiger partial charge in [-0.3, -0.25) is 14.2 Å². The number of nitrogens with one attached hydrogen (secondary N) is 1. The summed E-state index contributed by atoms with van der Waals surface area (Å²) in [4.78, 5) is 35.0. The minimum absolute atomic E-state index is 0.00127. The fourth-order valence-electron chi connectivity index (χ4n) is 4.09. The molecule has 3 heterocycles. The highest BCUT2D eigenvalue weighted by molar-refractivity contribution is 6.05. The van der Waals surface area contributed by atoms with Gasteiger partial charge in [0.2, 0.25) is 5.95 Å². The van der Waals surface area contributed by atoms with Crippen LogP contribution >= 0.6 is 0 Å². The van der Waals surface area contributed by atoms with Crippen LogP contribution in [0.25, 0.3) is 11.0 Å². The Labute approximate surface area is 168 Å². The number of aryl methyl sites for hydroxylation is 2. The van der Waals surface area contributed by atoms with Crippen LogP contribution in [0.5, 0.6) is 0 Å². The normalized spacial score (nSPS) is 15.0. The second kappa shape index (κ2) is 7.65. The van der Waals surface area contributed by atoms with E-state index in [1.54, 1.807) is 27.6 Å². The maximum absolute atomic E-state index is 13.4. The van der Waals surface area contributed by atoms with Crippen LogP contribution < -0.4 is 16.6 Å². The van der Waals surface area contributed by atoms with Crippen LogP contribution in [-0.2, 0) is 6.54 Å². The molecule has 0 spiro atoms. The second-order valence-electron chi connectivity index (χ2n) is 7.42. The van der Waals surface area contributed by atoms with Gasteiger partial charge in [-0.2, -0.15) is 10.1 Å². The minimum atomic E-state index is -0.465. The molecule has 1 amide bonds. The van der Waals surface area contributed by atoms with Gasteiger partial charge >= 0.3 is 0 Å². The van der Waals surface area contributed by atoms with Crippen molar-refractivity contribution in [2.45, 2.75) is 58.5 Å². The Morgan fingerprint density at radius 3 is 2.76 bits per heavy atom. The largest absolute Gasteiger partial charge is 0.368 e. The number of nitrogen functional groups attached to an aromatic ring is 1. The fraction of sp³-hybridized carbons (Fsp3) is 0.450. The van der Waals surface area contributed by atoms with Crippen molar-refractivity contribution in [3.63, 3.8) is 0 Å². The highest BCUT2D eigenvalue weighted by Crippen LogP contribution is 2.30. The van der Waals surface area contributed by atoms with Crippen molar-refractivity contribution in [2.75, 3.05) is 11.1 Å². The lowest BCUT2D eigenvalue weighted by molar-refractivity contribution is 0.102. The number of nitrogens with two attached hydrogens (primary N) is 1. The number of carbonyl (C=O) groups is 1. The van der Waals surface area contributed by atoms with Gasteiger partial charge in [-0.05, 0) is 32.8 Å². The van der Waals surface area contributed by atoms with Crippen molar-refractivity contribution in [2.24, 2.45) is 0 Å². The zero-order valence-electron chi connectivity index (χ0n) is 16.7. The average molecular weight is 395 g/mol. The maximum Gasteiger partial charge on any atom is 0.265 e. The van der Waals surface area contributed by atoms with E-state index in [-0.39, 0.29) is 23.1 Å². The Kier molecular flexibility index (Phi) is 5.04. The van der Waals surface area contributed by atoms with Gasteiger partial charge in [-0.15, -0.1) is 0 Å². The van der Waals surface area contributed by atoms with E-state index < -0.39 is 5.91 Å². The van der Waals surface area contributed by atoms with Crippen molar-refractivity contribution in [3.05, 3.63) is 39.9 Å². The summed E-state index contributed by atoms with van der Waals surface area (Å²) in [6.07, 6.45) is 6.62. The third kappa shape index (κ3) is 3.48. The van der Waals surface area contributed by atoms with Crippen LogP contribution in [0, 0.1) is 6.92 Å². The topological polar surface area (TPSA) is 121 Å². The summed E-state index contributed by atoms with van der Waals surface area (Å²) < 4.78 is 3.32. The molecule has 1 aliphatic carbocycles. The summed E-state index contributed by atoms with van der Waals surface area (Å²) in [5, 5.41) is 7.63. The Hall–Kier alpha value is -3.23. The smallest absolute Gasteiger partial charge is 0.265 e. The van der Waals surface area contributed by atoms with Crippen molar-refractivity contribution in [1.82, 2.24) is 24.3 Å². The van der Waals surface area contributed by atoms with E-state index in [2.05, 4.69) is 20.4 Å². The lowest BCUT2D eigenvalue weighted by atomic mass is 9.94. The molecule has 0 bridgehead atoms. The predicted octanol–water partition coefficient (Wildman–Crippen LogP) is 2.66. The number of anilines is 2. The van der Waals surface area contributed by atoms with Crippen LogP contribution in [0.3, 0.4) is 0 Å². The molecule has 0 saturated heterocycles. The van der Waals surface area contributed by atoms with E-state index >= 15 is 0 Å². The number of hydrogen-bond donors (Lipinski definition) is 2. The lowest BCUT2D eigenvalue weighted by Gasteiger charge is -2.25. The first-order valence-corrected chi connectivity index (χ1v) is 10.0. The molecule has 3 aromatic heterocycles. The van der Waals surface area contributed by atoms with Gasteiger partial charge < -0.3 is 11.1 Å². The Balaban J connectivity index is 1.87. The number of amides is 1. The van der Waals surface area contributed by atoms with Crippen LogP contribution in [0.2, 0.25) is 0 Å². The Morgan fingerprint density at radius 2 is 2.03 bits per heavy atom. The van der Waals surface area contributed by atoms with Gasteiger partial charge in [0.15, 0.2) is 0 Å². The van der Waals surface area contributed by atoms with Crippen LogP contribution in [-0.4, -0.2) is 30.2 Å². The van der Waals surface area contributed by atoms with Crippen LogP contribution in [0.4, 0.5) is 11.8 Å². The zero-order chi connectivity index (χ0) is 20.5. The summed E-state index contributed by atoms with van der Waals surface area (Å²) in [6, 6.07) is 3.28. The number of aromatic nitrogens is 5. The molecule has 9 heteroatoms. The molecule has 0 unspecified atom stereocenters. The highest BCUT2D eigenvalue weighted by atomic mass is 16.2. The molecule has 29 heavy (non-hydrogen) atoms. The molecule has 4 rings (SSSR count). The number of hydrogen-bond acceptors (Lipinski definition) is 6. The Morgan fingerprint density at radius 1 is 1.28 bits per heavy atom. The van der Waals surface area contributed by atoms with Crippen LogP contribution in [0.1, 0.15) is 61.1 Å². The maximum atomic E-state index is 13.4. The number of nitrogens with zero attached hydrogens (tertiary/aromatic N) is 5. The molecule has 152 valence electrons. The Bertz CT molecular complexity index is 1130. The first kappa shape index (κ1) is 19.1. The fourth-order valence-corrected chi connectivity index (χ4v) is 4.09. The quantitative estimate of drug-likeness (QED) is 0.700. The third-order valence-corrected chi connectivity index (χ3v) is 5.54. The molecule has 1 aliphatic rings. The van der Waals surface area contributed by atoms with Gasteiger partial charge in [0, 0.05) is 24.0 Å². The molecule has 1 fully saturated rings.